The van der Waals surface area contributed by atoms with Gasteiger partial charge in [-0.3, -0.25) is 0 Å². The van der Waals surface area contributed by atoms with Crippen LogP contribution in [0.25, 0.3) is 0 Å². The van der Waals surface area contributed by atoms with Crippen LogP contribution in [0.4, 0.5) is 0 Å². The smallest absolute Gasteiger partial charge is 0.0364 e. The van der Waals surface area contributed by atoms with E-state index in [1.807, 2.05) is 0 Å². The van der Waals surface area contributed by atoms with Crippen molar-refractivity contribution in [3.63, 3.8) is 0 Å². The normalized spacial score (nSPS) is 25.8. The molecule has 1 heteroatoms. The standard InChI is InChI=1S/C12H23Cl/c1-4-5-11(13)10-6-8-12(2,3)9-7-10/h10-11H,4-9H2,1-3H3. The topological polar surface area (TPSA) is 0 Å². The van der Waals surface area contributed by atoms with Crippen LogP contribution in [0.2, 0.25) is 0 Å². The fourth-order valence-electron chi connectivity index (χ4n) is 2.29. The predicted molar refractivity (Wildman–Crippen MR) is 60.3 cm³/mol. The molecule has 0 amide bonds. The Labute approximate surface area is 88.1 Å². The summed E-state index contributed by atoms with van der Waals surface area (Å²) >= 11 is 6.35. The molecule has 0 spiro atoms. The Bertz CT molecular complexity index is 141. The number of alkyl halides is 1. The van der Waals surface area contributed by atoms with Gasteiger partial charge in [0.05, 0.1) is 0 Å². The maximum atomic E-state index is 6.35. The van der Waals surface area contributed by atoms with Crippen molar-refractivity contribution in [1.29, 1.82) is 0 Å². The molecule has 0 N–H and O–H groups in total. The molecule has 1 aliphatic carbocycles. The van der Waals surface area contributed by atoms with E-state index in [4.69, 9.17) is 11.6 Å². The monoisotopic (exact) mass is 202 g/mol. The molecule has 0 aliphatic heterocycles. The third kappa shape index (κ3) is 3.50. The van der Waals surface area contributed by atoms with Crippen LogP contribution in [0, 0.1) is 11.3 Å². The molecule has 0 saturated heterocycles. The van der Waals surface area contributed by atoms with Gasteiger partial charge < -0.3 is 0 Å². The molecule has 0 aromatic heterocycles. The molecule has 0 nitrogen and oxygen atoms in total. The summed E-state index contributed by atoms with van der Waals surface area (Å²) < 4.78 is 0. The van der Waals surface area contributed by atoms with Crippen molar-refractivity contribution >= 4 is 11.6 Å². The summed E-state index contributed by atoms with van der Waals surface area (Å²) in [5.41, 5.74) is 0.583. The molecule has 1 fully saturated rings. The minimum atomic E-state index is 0.445. The van der Waals surface area contributed by atoms with Crippen LogP contribution in [0.3, 0.4) is 0 Å². The van der Waals surface area contributed by atoms with Gasteiger partial charge in [0, 0.05) is 5.38 Å². The second-order valence-corrected chi connectivity index (χ2v) is 5.87. The Balaban J connectivity index is 2.32. The molecular weight excluding hydrogens is 180 g/mol. The summed E-state index contributed by atoms with van der Waals surface area (Å²) in [5, 5.41) is 0.445. The second-order valence-electron chi connectivity index (χ2n) is 5.31. The van der Waals surface area contributed by atoms with Crippen LogP contribution in [0.1, 0.15) is 59.3 Å². The van der Waals surface area contributed by atoms with E-state index < -0.39 is 0 Å². The van der Waals surface area contributed by atoms with Gasteiger partial charge in [-0.05, 0) is 43.4 Å². The second kappa shape index (κ2) is 4.68. The zero-order chi connectivity index (χ0) is 9.90. The van der Waals surface area contributed by atoms with E-state index in [9.17, 15) is 0 Å². The van der Waals surface area contributed by atoms with E-state index in [2.05, 4.69) is 20.8 Å². The summed E-state index contributed by atoms with van der Waals surface area (Å²) in [7, 11) is 0. The Morgan fingerprint density at radius 1 is 1.31 bits per heavy atom. The molecule has 1 saturated carbocycles. The first-order valence-electron chi connectivity index (χ1n) is 5.69. The molecular formula is C12H23Cl. The fraction of sp³-hybridized carbons (Fsp3) is 1.00. The average molecular weight is 203 g/mol. The van der Waals surface area contributed by atoms with Gasteiger partial charge in [-0.1, -0.05) is 27.2 Å². The van der Waals surface area contributed by atoms with Crippen LogP contribution >= 0.6 is 11.6 Å². The lowest BCUT2D eigenvalue weighted by molar-refractivity contribution is 0.185. The van der Waals surface area contributed by atoms with Crippen molar-refractivity contribution < 1.29 is 0 Å². The van der Waals surface area contributed by atoms with E-state index in [0.717, 1.165) is 5.92 Å². The van der Waals surface area contributed by atoms with Gasteiger partial charge in [-0.2, -0.15) is 0 Å². The Morgan fingerprint density at radius 2 is 1.85 bits per heavy atom. The first kappa shape index (κ1) is 11.4. The first-order valence-corrected chi connectivity index (χ1v) is 6.13. The first-order chi connectivity index (χ1) is 6.05. The number of hydrogen-bond donors (Lipinski definition) is 0. The van der Waals surface area contributed by atoms with E-state index >= 15 is 0 Å². The van der Waals surface area contributed by atoms with Gasteiger partial charge in [0.2, 0.25) is 0 Å². The van der Waals surface area contributed by atoms with Gasteiger partial charge in [-0.25, -0.2) is 0 Å². The molecule has 1 rings (SSSR count). The molecule has 1 aliphatic rings. The largest absolute Gasteiger partial charge is 0.123 e. The molecule has 13 heavy (non-hydrogen) atoms. The quantitative estimate of drug-likeness (QED) is 0.587. The lowest BCUT2D eigenvalue weighted by Crippen LogP contribution is -2.26. The van der Waals surface area contributed by atoms with Gasteiger partial charge in [-0.15, -0.1) is 11.6 Å². The summed E-state index contributed by atoms with van der Waals surface area (Å²) in [6.07, 6.45) is 7.86. The summed E-state index contributed by atoms with van der Waals surface area (Å²) in [6.45, 7) is 6.99. The van der Waals surface area contributed by atoms with Crippen molar-refractivity contribution in [2.24, 2.45) is 11.3 Å². The minimum absolute atomic E-state index is 0.445. The molecule has 0 aromatic carbocycles. The maximum absolute atomic E-state index is 6.35. The third-order valence-corrected chi connectivity index (χ3v) is 4.03. The molecule has 0 bridgehead atoms. The third-order valence-electron chi connectivity index (χ3n) is 3.46. The Morgan fingerprint density at radius 3 is 2.31 bits per heavy atom. The highest BCUT2D eigenvalue weighted by molar-refractivity contribution is 6.20. The van der Waals surface area contributed by atoms with Crippen LogP contribution in [-0.4, -0.2) is 5.38 Å². The summed E-state index contributed by atoms with van der Waals surface area (Å²) in [5.74, 6) is 0.801. The zero-order valence-corrected chi connectivity index (χ0v) is 10.0. The molecule has 0 radical (unpaired) electrons. The van der Waals surface area contributed by atoms with Gasteiger partial charge >= 0.3 is 0 Å². The number of rotatable bonds is 3. The highest BCUT2D eigenvalue weighted by Gasteiger charge is 2.29. The Kier molecular flexibility index (Phi) is 4.09. The SMILES string of the molecule is CCCC(Cl)C1CCC(C)(C)CC1. The van der Waals surface area contributed by atoms with E-state index in [1.165, 1.54) is 38.5 Å². The highest BCUT2D eigenvalue weighted by atomic mass is 35.5. The van der Waals surface area contributed by atoms with Gasteiger partial charge in [0.15, 0.2) is 0 Å². The molecule has 78 valence electrons. The van der Waals surface area contributed by atoms with Crippen LogP contribution < -0.4 is 0 Å². The van der Waals surface area contributed by atoms with Gasteiger partial charge in [0.1, 0.15) is 0 Å². The summed E-state index contributed by atoms with van der Waals surface area (Å²) in [6, 6.07) is 0. The van der Waals surface area contributed by atoms with Crippen LogP contribution in [0.15, 0.2) is 0 Å². The minimum Gasteiger partial charge on any atom is -0.123 e. The van der Waals surface area contributed by atoms with Crippen LogP contribution in [-0.2, 0) is 0 Å². The molecule has 1 atom stereocenters. The predicted octanol–water partition coefficient (Wildman–Crippen LogP) is 4.61. The average Bonchev–Trinajstić information content (AvgIpc) is 2.04. The molecule has 1 unspecified atom stereocenters. The Hall–Kier alpha value is 0.290. The maximum Gasteiger partial charge on any atom is 0.0364 e. The van der Waals surface area contributed by atoms with E-state index in [0.29, 0.717) is 10.8 Å². The molecule has 0 heterocycles. The van der Waals surface area contributed by atoms with Crippen molar-refractivity contribution in [3.05, 3.63) is 0 Å². The van der Waals surface area contributed by atoms with Crippen LogP contribution in [0.5, 0.6) is 0 Å². The summed E-state index contributed by atoms with van der Waals surface area (Å²) in [4.78, 5) is 0. The van der Waals surface area contributed by atoms with Crippen molar-refractivity contribution in [3.8, 4) is 0 Å². The lowest BCUT2D eigenvalue weighted by atomic mass is 9.72. The van der Waals surface area contributed by atoms with Crippen molar-refractivity contribution in [2.75, 3.05) is 0 Å². The number of halogens is 1. The molecule has 0 aromatic rings. The van der Waals surface area contributed by atoms with Crippen molar-refractivity contribution in [1.82, 2.24) is 0 Å². The van der Waals surface area contributed by atoms with Crippen molar-refractivity contribution in [2.45, 2.75) is 64.7 Å². The van der Waals surface area contributed by atoms with E-state index in [1.54, 1.807) is 0 Å². The lowest BCUT2D eigenvalue weighted by Gasteiger charge is -2.36. The zero-order valence-electron chi connectivity index (χ0n) is 9.28. The fourth-order valence-corrected chi connectivity index (χ4v) is 2.76. The van der Waals surface area contributed by atoms with Gasteiger partial charge in [0.25, 0.3) is 0 Å². The number of hydrogen-bond acceptors (Lipinski definition) is 0. The highest BCUT2D eigenvalue weighted by Crippen LogP contribution is 2.41. The van der Waals surface area contributed by atoms with E-state index in [-0.39, 0.29) is 0 Å².